The summed E-state index contributed by atoms with van der Waals surface area (Å²) in [5, 5.41) is 24.4. The van der Waals surface area contributed by atoms with Gasteiger partial charge in [0, 0.05) is 11.6 Å². The number of hydrogen-bond donors (Lipinski definition) is 2. The Morgan fingerprint density at radius 3 is 2.63 bits per heavy atom. The highest BCUT2D eigenvalue weighted by atomic mass is 16.5. The van der Waals surface area contributed by atoms with Crippen molar-refractivity contribution in [2.75, 3.05) is 7.11 Å². The number of nitrogens with zero attached hydrogens (tertiary/aromatic N) is 2. The number of aliphatic hydroxyl groups excluding tert-OH is 1. The average Bonchev–Trinajstić information content (AvgIpc) is 3.28. The maximum absolute atomic E-state index is 12.8. The van der Waals surface area contributed by atoms with Crippen molar-refractivity contribution < 1.29 is 14.6 Å². The molecule has 6 heteroatoms. The summed E-state index contributed by atoms with van der Waals surface area (Å²) < 4.78 is 5.17. The lowest BCUT2D eigenvalue weighted by molar-refractivity contribution is -0.117. The standard InChI is InChI=1S/C32H41N3O3/c1-20(34-35-30(37)22(19-33)17-21-5-8-25(38-4)9-6-21)27-11-12-28-26-10-7-23-18-24(36)13-15-31(23,2)29(26)14-16-32(27,28)3/h5-9,17,24,26-29,36H,10-16,18H2,1-4H3,(H,35,37)/b22-17+,34-20+/t24-,26-,27+,28-,29-,31-,32+/m0/s1. The Morgan fingerprint density at radius 1 is 1.16 bits per heavy atom. The van der Waals surface area contributed by atoms with E-state index in [1.54, 1.807) is 25.3 Å². The van der Waals surface area contributed by atoms with Gasteiger partial charge >= 0.3 is 0 Å². The summed E-state index contributed by atoms with van der Waals surface area (Å²) in [6.07, 6.45) is 12.6. The highest BCUT2D eigenvalue weighted by Crippen LogP contribution is 2.66. The third-order valence-corrected chi connectivity index (χ3v) is 10.7. The Labute approximate surface area is 226 Å². The molecule has 6 nitrogen and oxygen atoms in total. The van der Waals surface area contributed by atoms with Gasteiger partial charge < -0.3 is 9.84 Å². The van der Waals surface area contributed by atoms with Gasteiger partial charge in [-0.05, 0) is 111 Å². The Hall–Kier alpha value is -2.91. The number of hydrogen-bond acceptors (Lipinski definition) is 5. The van der Waals surface area contributed by atoms with Crippen LogP contribution in [0.1, 0.15) is 77.7 Å². The maximum atomic E-state index is 12.8. The first kappa shape index (κ1) is 26.7. The van der Waals surface area contributed by atoms with Gasteiger partial charge in [0.05, 0.1) is 13.2 Å². The Kier molecular flexibility index (Phi) is 7.26. The monoisotopic (exact) mass is 515 g/mol. The number of allylic oxidation sites excluding steroid dienone is 1. The molecule has 0 heterocycles. The summed E-state index contributed by atoms with van der Waals surface area (Å²) in [6, 6.07) is 9.24. The fourth-order valence-electron chi connectivity index (χ4n) is 8.62. The van der Waals surface area contributed by atoms with Crippen molar-refractivity contribution in [1.82, 2.24) is 5.43 Å². The van der Waals surface area contributed by atoms with Crippen LogP contribution in [0.25, 0.3) is 6.08 Å². The zero-order valence-electron chi connectivity index (χ0n) is 23.2. The van der Waals surface area contributed by atoms with Gasteiger partial charge in [-0.3, -0.25) is 4.79 Å². The van der Waals surface area contributed by atoms with Crippen LogP contribution in [0.3, 0.4) is 0 Å². The summed E-state index contributed by atoms with van der Waals surface area (Å²) >= 11 is 0. The van der Waals surface area contributed by atoms with E-state index in [2.05, 4.69) is 30.5 Å². The van der Waals surface area contributed by atoms with Crippen molar-refractivity contribution in [3.05, 3.63) is 47.1 Å². The second-order valence-electron chi connectivity index (χ2n) is 12.5. The Bertz CT molecular complexity index is 1210. The predicted molar refractivity (Wildman–Crippen MR) is 149 cm³/mol. The largest absolute Gasteiger partial charge is 0.497 e. The van der Waals surface area contributed by atoms with E-state index in [1.807, 2.05) is 25.1 Å². The van der Waals surface area contributed by atoms with E-state index >= 15 is 0 Å². The number of ether oxygens (including phenoxy) is 1. The Morgan fingerprint density at radius 2 is 1.92 bits per heavy atom. The molecule has 0 spiro atoms. The lowest BCUT2D eigenvalue weighted by atomic mass is 9.47. The zero-order valence-corrected chi connectivity index (χ0v) is 23.2. The molecular formula is C32H41N3O3. The topological polar surface area (TPSA) is 94.7 Å². The van der Waals surface area contributed by atoms with Crippen LogP contribution < -0.4 is 10.2 Å². The molecule has 0 bridgehead atoms. The quantitative estimate of drug-likeness (QED) is 0.164. The SMILES string of the molecule is COc1ccc(/C=C(\C#N)C(=O)N/N=C(\C)[C@H]2CC[C@H]3[C@@H]4CC=C5C[C@@H](O)CC[C@]5(C)[C@H]4CC[C@]23C)cc1. The number of carbonyl (C=O) groups excluding carboxylic acids is 1. The smallest absolute Gasteiger partial charge is 0.282 e. The van der Waals surface area contributed by atoms with Crippen molar-refractivity contribution in [1.29, 1.82) is 5.26 Å². The molecule has 0 aliphatic heterocycles. The molecule has 4 aliphatic carbocycles. The molecule has 3 saturated carbocycles. The van der Waals surface area contributed by atoms with Crippen molar-refractivity contribution in [3.63, 3.8) is 0 Å². The summed E-state index contributed by atoms with van der Waals surface area (Å²) in [7, 11) is 1.60. The second kappa shape index (κ2) is 10.3. The van der Waals surface area contributed by atoms with E-state index in [-0.39, 0.29) is 22.5 Å². The number of carbonyl (C=O) groups is 1. The molecule has 0 radical (unpaired) electrons. The molecule has 5 rings (SSSR count). The van der Waals surface area contributed by atoms with Crippen LogP contribution in [0.5, 0.6) is 5.75 Å². The van der Waals surface area contributed by atoms with Crippen LogP contribution in [0.4, 0.5) is 0 Å². The minimum atomic E-state index is -0.483. The van der Waals surface area contributed by atoms with Crippen LogP contribution in [0.2, 0.25) is 0 Å². The summed E-state index contributed by atoms with van der Waals surface area (Å²) in [6.45, 7) is 6.95. The van der Waals surface area contributed by atoms with Gasteiger partial charge in [-0.2, -0.15) is 10.4 Å². The van der Waals surface area contributed by atoms with Crippen LogP contribution >= 0.6 is 0 Å². The highest BCUT2D eigenvalue weighted by molar-refractivity contribution is 6.02. The molecule has 202 valence electrons. The lowest BCUT2D eigenvalue weighted by Crippen LogP contribution is -2.51. The van der Waals surface area contributed by atoms with Crippen LogP contribution in [0.15, 0.2) is 46.6 Å². The molecule has 1 aromatic carbocycles. The summed E-state index contributed by atoms with van der Waals surface area (Å²) in [5.74, 6) is 2.60. The average molecular weight is 516 g/mol. The number of fused-ring (bicyclic) bond motifs is 5. The van der Waals surface area contributed by atoms with E-state index in [0.29, 0.717) is 23.7 Å². The van der Waals surface area contributed by atoms with Gasteiger partial charge in [0.1, 0.15) is 17.4 Å². The molecule has 2 N–H and O–H groups in total. The molecule has 7 atom stereocenters. The fourth-order valence-corrected chi connectivity index (χ4v) is 8.62. The first-order chi connectivity index (χ1) is 18.2. The first-order valence-electron chi connectivity index (χ1n) is 14.2. The molecular weight excluding hydrogens is 474 g/mol. The van der Waals surface area contributed by atoms with E-state index in [1.165, 1.54) is 24.8 Å². The first-order valence-corrected chi connectivity index (χ1v) is 14.2. The van der Waals surface area contributed by atoms with Gasteiger partial charge in [-0.1, -0.05) is 37.6 Å². The zero-order chi connectivity index (χ0) is 27.1. The molecule has 0 unspecified atom stereocenters. The van der Waals surface area contributed by atoms with Gasteiger partial charge in [-0.25, -0.2) is 5.43 Å². The normalized spacial score (nSPS) is 36.7. The van der Waals surface area contributed by atoms with Crippen molar-refractivity contribution >= 4 is 17.7 Å². The molecule has 1 aromatic rings. The third kappa shape index (κ3) is 4.60. The van der Waals surface area contributed by atoms with Gasteiger partial charge in [0.2, 0.25) is 0 Å². The third-order valence-electron chi connectivity index (χ3n) is 10.7. The summed E-state index contributed by atoms with van der Waals surface area (Å²) in [4.78, 5) is 12.8. The minimum absolute atomic E-state index is 0.0263. The minimum Gasteiger partial charge on any atom is -0.497 e. The fraction of sp³-hybridized carbons (Fsp3) is 0.594. The molecule has 1 amide bonds. The number of methoxy groups -OCH3 is 1. The van der Waals surface area contributed by atoms with Crippen LogP contribution in [0, 0.1) is 45.8 Å². The Balaban J connectivity index is 1.29. The number of aliphatic hydroxyl groups is 1. The number of amides is 1. The van der Waals surface area contributed by atoms with E-state index in [9.17, 15) is 15.2 Å². The lowest BCUT2D eigenvalue weighted by Gasteiger charge is -2.58. The number of rotatable bonds is 5. The van der Waals surface area contributed by atoms with Crippen LogP contribution in [-0.2, 0) is 4.79 Å². The van der Waals surface area contributed by atoms with E-state index in [4.69, 9.17) is 4.74 Å². The van der Waals surface area contributed by atoms with E-state index in [0.717, 1.165) is 49.1 Å². The maximum Gasteiger partial charge on any atom is 0.282 e. The van der Waals surface area contributed by atoms with E-state index < -0.39 is 5.91 Å². The molecule has 0 aromatic heterocycles. The van der Waals surface area contributed by atoms with Crippen LogP contribution in [-0.4, -0.2) is 29.9 Å². The molecule has 3 fully saturated rings. The number of nitriles is 1. The number of hydrazone groups is 1. The number of benzene rings is 1. The van der Waals surface area contributed by atoms with Crippen molar-refractivity contribution in [2.45, 2.75) is 78.2 Å². The van der Waals surface area contributed by atoms with Gasteiger partial charge in [0.15, 0.2) is 0 Å². The molecule has 4 aliphatic rings. The molecule has 0 saturated heterocycles. The van der Waals surface area contributed by atoms with Gasteiger partial charge in [0.25, 0.3) is 5.91 Å². The molecule has 38 heavy (non-hydrogen) atoms. The van der Waals surface area contributed by atoms with Crippen molar-refractivity contribution in [3.8, 4) is 11.8 Å². The second-order valence-corrected chi connectivity index (χ2v) is 12.5. The predicted octanol–water partition coefficient (Wildman–Crippen LogP) is 6.03. The van der Waals surface area contributed by atoms with Gasteiger partial charge in [-0.15, -0.1) is 0 Å². The summed E-state index contributed by atoms with van der Waals surface area (Å²) in [5.41, 5.74) is 6.33. The number of nitrogens with one attached hydrogen (secondary N) is 1. The van der Waals surface area contributed by atoms with Crippen molar-refractivity contribution in [2.24, 2.45) is 39.6 Å². The highest BCUT2D eigenvalue weighted by Gasteiger charge is 2.59.